The van der Waals surface area contributed by atoms with Crippen molar-refractivity contribution in [3.63, 3.8) is 0 Å². The molecule has 1 N–H and O–H groups in total. The maximum atomic E-state index is 11.7. The second-order valence-corrected chi connectivity index (χ2v) is 3.61. The van der Waals surface area contributed by atoms with Gasteiger partial charge < -0.3 is 10.1 Å². The van der Waals surface area contributed by atoms with Crippen molar-refractivity contribution in [2.24, 2.45) is 7.05 Å². The quantitative estimate of drug-likeness (QED) is 0.755. The molecule has 0 fully saturated rings. The van der Waals surface area contributed by atoms with Crippen molar-refractivity contribution in [1.82, 2.24) is 15.1 Å². The predicted molar refractivity (Wildman–Crippen MR) is 61.5 cm³/mol. The highest BCUT2D eigenvalue weighted by Gasteiger charge is 2.11. The van der Waals surface area contributed by atoms with E-state index >= 15 is 0 Å². The smallest absolute Gasteiger partial charge is 0.307 e. The molecule has 0 bridgehead atoms. The SMILES string of the molecule is CCOC(=O)CCNC(=O)c1cc(C)nn1C. The Balaban J connectivity index is 2.40. The zero-order valence-corrected chi connectivity index (χ0v) is 10.3. The number of hydrogen-bond acceptors (Lipinski definition) is 4. The van der Waals surface area contributed by atoms with Gasteiger partial charge in [-0.05, 0) is 19.9 Å². The number of amides is 1. The van der Waals surface area contributed by atoms with Crippen molar-refractivity contribution in [1.29, 1.82) is 0 Å². The van der Waals surface area contributed by atoms with Crippen molar-refractivity contribution in [3.05, 3.63) is 17.5 Å². The molecule has 0 aromatic carbocycles. The van der Waals surface area contributed by atoms with Gasteiger partial charge in [0, 0.05) is 13.6 Å². The lowest BCUT2D eigenvalue weighted by atomic mass is 10.3. The van der Waals surface area contributed by atoms with Crippen molar-refractivity contribution in [2.75, 3.05) is 13.2 Å². The molecule has 0 spiro atoms. The monoisotopic (exact) mass is 239 g/mol. The summed E-state index contributed by atoms with van der Waals surface area (Å²) in [4.78, 5) is 22.7. The zero-order chi connectivity index (χ0) is 12.8. The van der Waals surface area contributed by atoms with Gasteiger partial charge >= 0.3 is 5.97 Å². The summed E-state index contributed by atoms with van der Waals surface area (Å²) in [6.07, 6.45) is 0.177. The predicted octanol–water partition coefficient (Wildman–Crippen LogP) is 0.412. The number of rotatable bonds is 5. The molecule has 1 aromatic heterocycles. The third kappa shape index (κ3) is 3.90. The molecule has 94 valence electrons. The van der Waals surface area contributed by atoms with E-state index in [1.165, 1.54) is 4.68 Å². The normalized spacial score (nSPS) is 10.1. The van der Waals surface area contributed by atoms with Crippen LogP contribution < -0.4 is 5.32 Å². The Kier molecular flexibility index (Phi) is 4.68. The summed E-state index contributed by atoms with van der Waals surface area (Å²) in [5.74, 6) is -0.550. The molecular weight excluding hydrogens is 222 g/mol. The van der Waals surface area contributed by atoms with E-state index in [2.05, 4.69) is 10.4 Å². The molecule has 0 aliphatic carbocycles. The van der Waals surface area contributed by atoms with E-state index in [0.717, 1.165) is 5.69 Å². The summed E-state index contributed by atoms with van der Waals surface area (Å²) in [5, 5.41) is 6.71. The van der Waals surface area contributed by atoms with Crippen LogP contribution in [0.15, 0.2) is 6.07 Å². The number of nitrogens with one attached hydrogen (secondary N) is 1. The average molecular weight is 239 g/mol. The molecule has 1 amide bonds. The first-order chi connectivity index (χ1) is 8.04. The molecule has 1 aromatic rings. The minimum atomic E-state index is -0.311. The van der Waals surface area contributed by atoms with Crippen LogP contribution in [0.5, 0.6) is 0 Å². The van der Waals surface area contributed by atoms with Crippen molar-refractivity contribution < 1.29 is 14.3 Å². The minimum Gasteiger partial charge on any atom is -0.466 e. The summed E-state index contributed by atoms with van der Waals surface area (Å²) in [7, 11) is 1.70. The molecular formula is C11H17N3O3. The van der Waals surface area contributed by atoms with Gasteiger partial charge in [-0.2, -0.15) is 5.10 Å². The summed E-state index contributed by atoms with van der Waals surface area (Å²) in [6.45, 7) is 4.18. The Morgan fingerprint density at radius 3 is 2.76 bits per heavy atom. The average Bonchev–Trinajstić information content (AvgIpc) is 2.58. The van der Waals surface area contributed by atoms with Crippen LogP contribution in [0.2, 0.25) is 0 Å². The molecule has 6 heteroatoms. The van der Waals surface area contributed by atoms with Gasteiger partial charge in [-0.1, -0.05) is 0 Å². The second-order valence-electron chi connectivity index (χ2n) is 3.61. The molecule has 0 aliphatic heterocycles. The lowest BCUT2D eigenvalue weighted by Gasteiger charge is -2.04. The Bertz CT molecular complexity index is 412. The van der Waals surface area contributed by atoms with Crippen molar-refractivity contribution in [2.45, 2.75) is 20.3 Å². The number of aryl methyl sites for hydroxylation is 2. The molecule has 0 aliphatic rings. The molecule has 0 saturated heterocycles. The van der Waals surface area contributed by atoms with E-state index in [9.17, 15) is 9.59 Å². The fourth-order valence-electron chi connectivity index (χ4n) is 1.42. The zero-order valence-electron chi connectivity index (χ0n) is 10.3. The van der Waals surface area contributed by atoms with Crippen LogP contribution in [0.4, 0.5) is 0 Å². The maximum Gasteiger partial charge on any atom is 0.307 e. The molecule has 17 heavy (non-hydrogen) atoms. The summed E-state index contributed by atoms with van der Waals surface area (Å²) < 4.78 is 6.26. The van der Waals surface area contributed by atoms with E-state index in [-0.39, 0.29) is 24.8 Å². The van der Waals surface area contributed by atoms with Gasteiger partial charge in [0.2, 0.25) is 0 Å². The highest BCUT2D eigenvalue weighted by molar-refractivity contribution is 5.92. The van der Waals surface area contributed by atoms with Crippen LogP contribution in [0.25, 0.3) is 0 Å². The first-order valence-electron chi connectivity index (χ1n) is 5.49. The van der Waals surface area contributed by atoms with Gasteiger partial charge in [-0.3, -0.25) is 14.3 Å². The van der Waals surface area contributed by atoms with Crippen molar-refractivity contribution in [3.8, 4) is 0 Å². The summed E-state index contributed by atoms with van der Waals surface area (Å²) in [6, 6.07) is 1.69. The molecule has 0 atom stereocenters. The van der Waals surface area contributed by atoms with Gasteiger partial charge in [-0.25, -0.2) is 0 Å². The van der Waals surface area contributed by atoms with E-state index in [4.69, 9.17) is 4.74 Å². The van der Waals surface area contributed by atoms with E-state index in [1.807, 2.05) is 6.92 Å². The fourth-order valence-corrected chi connectivity index (χ4v) is 1.42. The summed E-state index contributed by atoms with van der Waals surface area (Å²) >= 11 is 0. The van der Waals surface area contributed by atoms with Crippen LogP contribution in [0, 0.1) is 6.92 Å². The number of carbonyl (C=O) groups is 2. The van der Waals surface area contributed by atoms with Gasteiger partial charge in [0.15, 0.2) is 0 Å². The van der Waals surface area contributed by atoms with Crippen LogP contribution in [0.1, 0.15) is 29.5 Å². The minimum absolute atomic E-state index is 0.177. The molecule has 1 heterocycles. The Hall–Kier alpha value is -1.85. The third-order valence-corrected chi connectivity index (χ3v) is 2.15. The van der Waals surface area contributed by atoms with E-state index in [1.54, 1.807) is 20.0 Å². The first kappa shape index (κ1) is 13.2. The van der Waals surface area contributed by atoms with Crippen LogP contribution >= 0.6 is 0 Å². The number of esters is 1. The van der Waals surface area contributed by atoms with E-state index < -0.39 is 0 Å². The highest BCUT2D eigenvalue weighted by Crippen LogP contribution is 2.01. The Morgan fingerprint density at radius 2 is 2.24 bits per heavy atom. The lowest BCUT2D eigenvalue weighted by Crippen LogP contribution is -2.28. The molecule has 1 rings (SSSR count). The maximum absolute atomic E-state index is 11.7. The Morgan fingerprint density at radius 1 is 1.53 bits per heavy atom. The number of ether oxygens (including phenoxy) is 1. The third-order valence-electron chi connectivity index (χ3n) is 2.15. The lowest BCUT2D eigenvalue weighted by molar-refractivity contribution is -0.142. The van der Waals surface area contributed by atoms with Crippen LogP contribution in [-0.4, -0.2) is 34.8 Å². The van der Waals surface area contributed by atoms with Crippen LogP contribution in [-0.2, 0) is 16.6 Å². The highest BCUT2D eigenvalue weighted by atomic mass is 16.5. The number of aromatic nitrogens is 2. The second kappa shape index (κ2) is 6.03. The van der Waals surface area contributed by atoms with E-state index in [0.29, 0.717) is 12.3 Å². The molecule has 0 radical (unpaired) electrons. The van der Waals surface area contributed by atoms with Gasteiger partial charge in [0.1, 0.15) is 5.69 Å². The molecule has 6 nitrogen and oxygen atoms in total. The first-order valence-corrected chi connectivity index (χ1v) is 5.49. The van der Waals surface area contributed by atoms with Gasteiger partial charge in [0.25, 0.3) is 5.91 Å². The molecule has 0 unspecified atom stereocenters. The summed E-state index contributed by atoms with van der Waals surface area (Å²) in [5.41, 5.74) is 1.26. The fraction of sp³-hybridized carbons (Fsp3) is 0.545. The number of hydrogen-bond donors (Lipinski definition) is 1. The van der Waals surface area contributed by atoms with Crippen molar-refractivity contribution >= 4 is 11.9 Å². The largest absolute Gasteiger partial charge is 0.466 e. The van der Waals surface area contributed by atoms with Gasteiger partial charge in [-0.15, -0.1) is 0 Å². The standard InChI is InChI=1S/C11H17N3O3/c1-4-17-10(15)5-6-12-11(16)9-7-8(2)13-14(9)3/h7H,4-6H2,1-3H3,(H,12,16). The van der Waals surface area contributed by atoms with Crippen LogP contribution in [0.3, 0.4) is 0 Å². The molecule has 0 saturated carbocycles. The number of nitrogens with zero attached hydrogens (tertiary/aromatic N) is 2. The Labute approximate surface area is 99.9 Å². The number of carbonyl (C=O) groups excluding carboxylic acids is 2. The van der Waals surface area contributed by atoms with Gasteiger partial charge in [0.05, 0.1) is 18.7 Å². The topological polar surface area (TPSA) is 73.2 Å².